The maximum Gasteiger partial charge on any atom is 0.248 e. The van der Waals surface area contributed by atoms with Crippen molar-refractivity contribution in [3.05, 3.63) is 192 Å². The van der Waals surface area contributed by atoms with Crippen LogP contribution < -0.4 is 26.2 Å². The number of hydrogen-bond donors (Lipinski definition) is 0. The number of fused-ring (bicyclic) bond motifs is 5. The van der Waals surface area contributed by atoms with Crippen LogP contribution in [0.15, 0.2) is 175 Å². The molecule has 0 amide bonds. The highest BCUT2D eigenvalue weighted by Gasteiger charge is 2.43. The summed E-state index contributed by atoms with van der Waals surface area (Å²) in [4.78, 5) is 4.93. The standard InChI is InChI=1S/C46H31BN2/c1-3-13-34(14-4-1)48(35-15-5-2-6-16-35)36-25-26-42-41(29-36)47-40-19-8-7-17-38(40)39-18-10-20-43(46(39)47)49(42)37-27-32-23-21-30-11-9-12-31-22-24-33(28-37)45(32)44(30)31/h1-23,25-29,44H,24H2. The highest BCUT2D eigenvalue weighted by Crippen LogP contribution is 2.49. The van der Waals surface area contributed by atoms with E-state index in [2.05, 4.69) is 180 Å². The summed E-state index contributed by atoms with van der Waals surface area (Å²) >= 11 is 0. The molecule has 2 nitrogen and oxygen atoms in total. The van der Waals surface area contributed by atoms with E-state index in [1.165, 1.54) is 72.4 Å². The predicted octanol–water partition coefficient (Wildman–Crippen LogP) is 9.53. The van der Waals surface area contributed by atoms with Crippen molar-refractivity contribution >= 4 is 63.3 Å². The fourth-order valence-electron chi connectivity index (χ4n) is 9.13. The fourth-order valence-corrected chi connectivity index (χ4v) is 9.13. The van der Waals surface area contributed by atoms with Gasteiger partial charge in [0.1, 0.15) is 0 Å². The lowest BCUT2D eigenvalue weighted by Gasteiger charge is -2.39. The first-order chi connectivity index (χ1) is 24.3. The molecule has 0 aromatic heterocycles. The van der Waals surface area contributed by atoms with Gasteiger partial charge in [0.05, 0.1) is 0 Å². The zero-order valence-corrected chi connectivity index (χ0v) is 26.9. The molecule has 2 heterocycles. The number of nitrogens with zero attached hydrogens (tertiary/aromatic N) is 2. The molecule has 6 aromatic carbocycles. The highest BCUT2D eigenvalue weighted by molar-refractivity contribution is 7.01. The van der Waals surface area contributed by atoms with Gasteiger partial charge in [-0.2, -0.15) is 0 Å². The summed E-state index contributed by atoms with van der Waals surface area (Å²) in [7, 11) is 0. The SMILES string of the molecule is C1=CC2=CCc3cc(N4c5ccc(N(c6ccccc6)c6ccccc6)cc5B5c6ccccc6-c6cccc4c65)cc4c3C2C(=C1)C=C4. The zero-order chi connectivity index (χ0) is 32.1. The Kier molecular flexibility index (Phi) is 5.62. The minimum absolute atomic E-state index is 0.157. The summed E-state index contributed by atoms with van der Waals surface area (Å²) < 4.78 is 0. The van der Waals surface area contributed by atoms with Crippen molar-refractivity contribution in [3.8, 4) is 11.1 Å². The second-order valence-corrected chi connectivity index (χ2v) is 13.7. The van der Waals surface area contributed by atoms with Crippen LogP contribution in [0.4, 0.5) is 34.1 Å². The second kappa shape index (κ2) is 10.2. The number of hydrogen-bond acceptors (Lipinski definition) is 2. The average molecular weight is 623 g/mol. The van der Waals surface area contributed by atoms with E-state index in [1.54, 1.807) is 0 Å². The fraction of sp³-hybridized carbons (Fsp3) is 0.0435. The normalized spacial score (nSPS) is 16.7. The Morgan fingerprint density at radius 3 is 2.20 bits per heavy atom. The number of rotatable bonds is 4. The Bertz CT molecular complexity index is 2450. The van der Waals surface area contributed by atoms with Crippen LogP contribution in [-0.2, 0) is 6.42 Å². The van der Waals surface area contributed by atoms with Crippen molar-refractivity contribution in [2.45, 2.75) is 12.3 Å². The maximum absolute atomic E-state index is 2.55. The van der Waals surface area contributed by atoms with E-state index in [4.69, 9.17) is 0 Å². The molecule has 2 aliphatic heterocycles. The van der Waals surface area contributed by atoms with Crippen molar-refractivity contribution in [3.63, 3.8) is 0 Å². The topological polar surface area (TPSA) is 6.48 Å². The van der Waals surface area contributed by atoms with Crippen molar-refractivity contribution in [2.24, 2.45) is 0 Å². The van der Waals surface area contributed by atoms with Crippen LogP contribution in [-0.4, -0.2) is 6.71 Å². The van der Waals surface area contributed by atoms with Crippen LogP contribution in [0.5, 0.6) is 0 Å². The third-order valence-electron chi connectivity index (χ3n) is 11.1. The Morgan fingerprint density at radius 2 is 1.37 bits per heavy atom. The van der Waals surface area contributed by atoms with E-state index in [0.717, 1.165) is 23.5 Å². The Morgan fingerprint density at radius 1 is 0.592 bits per heavy atom. The van der Waals surface area contributed by atoms with Crippen LogP contribution in [0.25, 0.3) is 17.2 Å². The largest absolute Gasteiger partial charge is 0.311 e. The smallest absolute Gasteiger partial charge is 0.248 e. The Balaban J connectivity index is 1.15. The minimum atomic E-state index is 0.157. The van der Waals surface area contributed by atoms with Gasteiger partial charge in [0.25, 0.3) is 0 Å². The summed E-state index contributed by atoms with van der Waals surface area (Å²) in [6.07, 6.45) is 14.8. The molecule has 11 rings (SSSR count). The predicted molar refractivity (Wildman–Crippen MR) is 207 cm³/mol. The van der Waals surface area contributed by atoms with Gasteiger partial charge in [-0.15, -0.1) is 0 Å². The van der Waals surface area contributed by atoms with E-state index < -0.39 is 0 Å². The molecule has 0 bridgehead atoms. The lowest BCUT2D eigenvalue weighted by molar-refractivity contribution is 0.892. The van der Waals surface area contributed by atoms with Gasteiger partial charge in [0.15, 0.2) is 0 Å². The molecule has 5 aliphatic rings. The number of allylic oxidation sites excluding steroid dienone is 7. The van der Waals surface area contributed by atoms with Crippen LogP contribution >= 0.6 is 0 Å². The summed E-state index contributed by atoms with van der Waals surface area (Å²) in [6.45, 7) is 0.157. The van der Waals surface area contributed by atoms with Gasteiger partial charge in [-0.25, -0.2) is 0 Å². The second-order valence-electron chi connectivity index (χ2n) is 13.7. The molecule has 3 heteroatoms. The summed E-state index contributed by atoms with van der Waals surface area (Å²) in [5, 5.41) is 0. The molecule has 0 spiro atoms. The van der Waals surface area contributed by atoms with Gasteiger partial charge in [-0.1, -0.05) is 115 Å². The molecule has 1 atom stereocenters. The number of para-hydroxylation sites is 2. The molecule has 49 heavy (non-hydrogen) atoms. The first kappa shape index (κ1) is 27.0. The molecule has 0 radical (unpaired) electrons. The molecular weight excluding hydrogens is 591 g/mol. The molecule has 0 saturated carbocycles. The van der Waals surface area contributed by atoms with Gasteiger partial charge >= 0.3 is 0 Å². The molecule has 228 valence electrons. The van der Waals surface area contributed by atoms with Gasteiger partial charge in [0, 0.05) is 40.0 Å². The van der Waals surface area contributed by atoms with Gasteiger partial charge in [-0.3, -0.25) is 0 Å². The summed E-state index contributed by atoms with van der Waals surface area (Å²) in [6, 6.07) is 49.4. The van der Waals surface area contributed by atoms with Gasteiger partial charge in [0.2, 0.25) is 6.71 Å². The molecule has 0 saturated heterocycles. The molecule has 3 aliphatic carbocycles. The Hall–Kier alpha value is -6.06. The Labute approximate surface area is 287 Å². The molecule has 1 unspecified atom stereocenters. The third kappa shape index (κ3) is 3.84. The quantitative estimate of drug-likeness (QED) is 0.181. The molecule has 0 N–H and O–H groups in total. The van der Waals surface area contributed by atoms with Crippen LogP contribution in [0.1, 0.15) is 22.6 Å². The monoisotopic (exact) mass is 622 g/mol. The molecule has 0 fully saturated rings. The van der Waals surface area contributed by atoms with E-state index in [9.17, 15) is 0 Å². The third-order valence-corrected chi connectivity index (χ3v) is 11.1. The van der Waals surface area contributed by atoms with E-state index in [0.29, 0.717) is 5.92 Å². The zero-order valence-electron chi connectivity index (χ0n) is 26.9. The van der Waals surface area contributed by atoms with Crippen LogP contribution in [0.2, 0.25) is 0 Å². The van der Waals surface area contributed by atoms with Crippen LogP contribution in [0.3, 0.4) is 0 Å². The van der Waals surface area contributed by atoms with Crippen molar-refractivity contribution in [1.29, 1.82) is 0 Å². The van der Waals surface area contributed by atoms with Gasteiger partial charge < -0.3 is 9.80 Å². The first-order valence-corrected chi connectivity index (χ1v) is 17.3. The lowest BCUT2D eigenvalue weighted by atomic mass is 9.37. The minimum Gasteiger partial charge on any atom is -0.311 e. The number of benzene rings is 6. The van der Waals surface area contributed by atoms with Crippen LogP contribution in [0, 0.1) is 0 Å². The van der Waals surface area contributed by atoms with E-state index in [1.807, 2.05) is 0 Å². The first-order valence-electron chi connectivity index (χ1n) is 17.3. The molecule has 6 aromatic rings. The lowest BCUT2D eigenvalue weighted by Crippen LogP contribution is -2.54. The summed E-state index contributed by atoms with van der Waals surface area (Å²) in [5.41, 5.74) is 21.1. The van der Waals surface area contributed by atoms with Crippen molar-refractivity contribution in [1.82, 2.24) is 0 Å². The van der Waals surface area contributed by atoms with Crippen molar-refractivity contribution < 1.29 is 0 Å². The van der Waals surface area contributed by atoms with Gasteiger partial charge in [-0.05, 0) is 117 Å². The molecular formula is C46H31BN2. The summed E-state index contributed by atoms with van der Waals surface area (Å²) in [5.74, 6) is 0.348. The highest BCUT2D eigenvalue weighted by atomic mass is 15.2. The number of anilines is 6. The maximum atomic E-state index is 2.55. The van der Waals surface area contributed by atoms with E-state index in [-0.39, 0.29) is 6.71 Å². The van der Waals surface area contributed by atoms with Crippen molar-refractivity contribution in [2.75, 3.05) is 9.80 Å². The van der Waals surface area contributed by atoms with E-state index >= 15 is 0 Å². The average Bonchev–Trinajstić information content (AvgIpc) is 3.51.